The van der Waals surface area contributed by atoms with Crippen LogP contribution in [0.15, 0.2) is 54.6 Å². The average molecular weight is 310 g/mol. The molecule has 0 bridgehead atoms. The fourth-order valence-corrected chi connectivity index (χ4v) is 2.66. The van der Waals surface area contributed by atoms with Crippen molar-refractivity contribution in [1.29, 1.82) is 0 Å². The van der Waals surface area contributed by atoms with Crippen LogP contribution in [0, 0.1) is 0 Å². The summed E-state index contributed by atoms with van der Waals surface area (Å²) in [4.78, 5) is 24.9. The second kappa shape index (κ2) is 6.12. The molecule has 0 unspecified atom stereocenters. The van der Waals surface area contributed by atoms with Crippen LogP contribution < -0.4 is 10.1 Å². The molecule has 2 aromatic carbocycles. The number of hydrogen-bond acceptors (Lipinski definition) is 3. The van der Waals surface area contributed by atoms with E-state index in [1.165, 1.54) is 4.90 Å². The fraction of sp³-hybridized carbons (Fsp3) is 0.222. The summed E-state index contributed by atoms with van der Waals surface area (Å²) >= 11 is 0. The van der Waals surface area contributed by atoms with E-state index >= 15 is 0 Å². The summed E-state index contributed by atoms with van der Waals surface area (Å²) in [6.45, 7) is 1.85. The van der Waals surface area contributed by atoms with Crippen molar-refractivity contribution >= 4 is 12.0 Å². The van der Waals surface area contributed by atoms with Crippen LogP contribution in [-0.2, 0) is 4.79 Å². The molecule has 2 amide bonds. The molecule has 1 N–H and O–H groups in total. The molecule has 1 saturated heterocycles. The van der Waals surface area contributed by atoms with E-state index in [1.54, 1.807) is 19.2 Å². The van der Waals surface area contributed by atoms with Crippen molar-refractivity contribution in [2.75, 3.05) is 7.05 Å². The van der Waals surface area contributed by atoms with Gasteiger partial charge in [0.05, 0.1) is 6.04 Å². The zero-order valence-corrected chi connectivity index (χ0v) is 13.0. The summed E-state index contributed by atoms with van der Waals surface area (Å²) in [5, 5.41) is 2.69. The van der Waals surface area contributed by atoms with Gasteiger partial charge in [-0.2, -0.15) is 0 Å². The highest BCUT2D eigenvalue weighted by Crippen LogP contribution is 2.23. The topological polar surface area (TPSA) is 58.6 Å². The van der Waals surface area contributed by atoms with E-state index in [4.69, 9.17) is 4.74 Å². The average Bonchev–Trinajstić information content (AvgIpc) is 2.56. The molecular weight excluding hydrogens is 292 g/mol. The zero-order valence-electron chi connectivity index (χ0n) is 13.0. The Morgan fingerprint density at radius 3 is 2.22 bits per heavy atom. The predicted molar refractivity (Wildman–Crippen MR) is 87.1 cm³/mol. The van der Waals surface area contributed by atoms with E-state index in [9.17, 15) is 9.59 Å². The highest BCUT2D eigenvalue weighted by Gasteiger charge is 2.41. The van der Waals surface area contributed by atoms with Gasteiger partial charge in [-0.15, -0.1) is 0 Å². The number of rotatable bonds is 3. The first kappa shape index (κ1) is 15.1. The first-order chi connectivity index (χ1) is 11.1. The number of likely N-dealkylation sites (N-methyl/N-ethyl adjacent to an activating group) is 1. The Labute approximate surface area is 134 Å². The molecular formula is C18H18N2O3. The Morgan fingerprint density at radius 2 is 1.65 bits per heavy atom. The van der Waals surface area contributed by atoms with E-state index in [2.05, 4.69) is 5.32 Å². The van der Waals surface area contributed by atoms with E-state index in [-0.39, 0.29) is 11.9 Å². The summed E-state index contributed by atoms with van der Waals surface area (Å²) in [7, 11) is 1.57. The number of ether oxygens (including phenoxy) is 1. The van der Waals surface area contributed by atoms with Crippen molar-refractivity contribution in [3.8, 4) is 16.9 Å². The van der Waals surface area contributed by atoms with Gasteiger partial charge >= 0.3 is 6.09 Å². The molecule has 5 nitrogen and oxygen atoms in total. The molecule has 1 fully saturated rings. The number of carbonyl (C=O) groups is 2. The number of hydrogen-bond donors (Lipinski definition) is 1. The molecule has 1 aliphatic rings. The van der Waals surface area contributed by atoms with Crippen molar-refractivity contribution in [3.05, 3.63) is 54.6 Å². The van der Waals surface area contributed by atoms with Crippen LogP contribution in [0.5, 0.6) is 5.75 Å². The lowest BCUT2D eigenvalue weighted by Gasteiger charge is -2.39. The van der Waals surface area contributed by atoms with Gasteiger partial charge < -0.3 is 10.1 Å². The maximum absolute atomic E-state index is 12.1. The van der Waals surface area contributed by atoms with Crippen LogP contribution in [0.4, 0.5) is 4.79 Å². The zero-order chi connectivity index (χ0) is 16.4. The van der Waals surface area contributed by atoms with Crippen molar-refractivity contribution in [2.45, 2.75) is 19.0 Å². The van der Waals surface area contributed by atoms with Gasteiger partial charge in [-0.25, -0.2) is 4.79 Å². The molecule has 0 aliphatic carbocycles. The predicted octanol–water partition coefficient (Wildman–Crippen LogP) is 2.67. The van der Waals surface area contributed by atoms with Crippen LogP contribution in [-0.4, -0.2) is 36.0 Å². The second-order valence-electron chi connectivity index (χ2n) is 5.61. The Bertz CT molecular complexity index is 713. The fourth-order valence-electron chi connectivity index (χ4n) is 2.66. The van der Waals surface area contributed by atoms with E-state index in [0.717, 1.165) is 11.1 Å². The van der Waals surface area contributed by atoms with Crippen molar-refractivity contribution in [2.24, 2.45) is 0 Å². The van der Waals surface area contributed by atoms with Gasteiger partial charge in [0, 0.05) is 7.05 Å². The highest BCUT2D eigenvalue weighted by atomic mass is 16.6. The molecule has 23 heavy (non-hydrogen) atoms. The van der Waals surface area contributed by atoms with Crippen molar-refractivity contribution < 1.29 is 14.3 Å². The first-order valence-electron chi connectivity index (χ1n) is 7.47. The van der Waals surface area contributed by atoms with Gasteiger partial charge in [-0.3, -0.25) is 9.69 Å². The lowest BCUT2D eigenvalue weighted by atomic mass is 10.0. The highest BCUT2D eigenvalue weighted by molar-refractivity contribution is 5.92. The normalized spacial score (nSPS) is 19.5. The largest absolute Gasteiger partial charge is 0.415 e. The monoisotopic (exact) mass is 310 g/mol. The number of amides is 2. The van der Waals surface area contributed by atoms with Gasteiger partial charge in [0.15, 0.2) is 0 Å². The number of benzene rings is 2. The first-order valence-corrected chi connectivity index (χ1v) is 7.47. The smallest absolute Gasteiger partial charge is 0.410 e. The standard InChI is InChI=1S/C18H18N2O3/c1-12-16(17(21)19-12)20(2)18(22)23-15-10-8-14(9-11-15)13-6-4-3-5-7-13/h3-12,16H,1-2H3,(H,19,21)/t12-,16-/m1/s1. The molecule has 1 aliphatic heterocycles. The summed E-state index contributed by atoms with van der Waals surface area (Å²) in [5.41, 5.74) is 2.15. The van der Waals surface area contributed by atoms with Crippen LogP contribution in [0.25, 0.3) is 11.1 Å². The van der Waals surface area contributed by atoms with Crippen LogP contribution >= 0.6 is 0 Å². The quantitative estimate of drug-likeness (QED) is 0.887. The van der Waals surface area contributed by atoms with Crippen LogP contribution in [0.2, 0.25) is 0 Å². The van der Waals surface area contributed by atoms with Gasteiger partial charge in [0.2, 0.25) is 5.91 Å². The van der Waals surface area contributed by atoms with E-state index in [0.29, 0.717) is 5.75 Å². The summed E-state index contributed by atoms with van der Waals surface area (Å²) < 4.78 is 5.33. The lowest BCUT2D eigenvalue weighted by Crippen LogP contribution is -2.68. The lowest BCUT2D eigenvalue weighted by molar-refractivity contribution is -0.134. The van der Waals surface area contributed by atoms with Crippen LogP contribution in [0.1, 0.15) is 6.92 Å². The molecule has 2 atom stereocenters. The van der Waals surface area contributed by atoms with Crippen molar-refractivity contribution in [1.82, 2.24) is 10.2 Å². The number of carbonyl (C=O) groups excluding carboxylic acids is 2. The maximum atomic E-state index is 12.1. The number of nitrogens with zero attached hydrogens (tertiary/aromatic N) is 1. The third-order valence-corrected chi connectivity index (χ3v) is 3.98. The number of β-lactam (4-membered cyclic amide) rings is 1. The molecule has 1 heterocycles. The van der Waals surface area contributed by atoms with Gasteiger partial charge in [0.1, 0.15) is 11.8 Å². The summed E-state index contributed by atoms with van der Waals surface area (Å²) in [5.74, 6) is 0.297. The summed E-state index contributed by atoms with van der Waals surface area (Å²) in [6.07, 6.45) is -0.538. The Hall–Kier alpha value is -2.82. The Morgan fingerprint density at radius 1 is 1.04 bits per heavy atom. The van der Waals surface area contributed by atoms with Gasteiger partial charge in [-0.1, -0.05) is 42.5 Å². The third-order valence-electron chi connectivity index (χ3n) is 3.98. The Kier molecular flexibility index (Phi) is 4.02. The number of nitrogens with one attached hydrogen (secondary N) is 1. The minimum absolute atomic E-state index is 0.0551. The van der Waals surface area contributed by atoms with E-state index in [1.807, 2.05) is 49.4 Å². The third kappa shape index (κ3) is 3.04. The minimum Gasteiger partial charge on any atom is -0.410 e. The maximum Gasteiger partial charge on any atom is 0.415 e. The second-order valence-corrected chi connectivity index (χ2v) is 5.61. The molecule has 3 rings (SSSR count). The van der Waals surface area contributed by atoms with Gasteiger partial charge in [0.25, 0.3) is 0 Å². The molecule has 118 valence electrons. The molecule has 2 aromatic rings. The summed E-state index contributed by atoms with van der Waals surface area (Å²) in [6, 6.07) is 16.7. The van der Waals surface area contributed by atoms with Crippen LogP contribution in [0.3, 0.4) is 0 Å². The molecule has 5 heteroatoms. The SMILES string of the molecule is C[C@H]1NC(=O)[C@@H]1N(C)C(=O)Oc1ccc(-c2ccccc2)cc1. The molecule has 0 saturated carbocycles. The van der Waals surface area contributed by atoms with E-state index < -0.39 is 12.1 Å². The van der Waals surface area contributed by atoms with Crippen molar-refractivity contribution in [3.63, 3.8) is 0 Å². The van der Waals surface area contributed by atoms with Gasteiger partial charge in [-0.05, 0) is 30.2 Å². The molecule has 0 spiro atoms. The minimum atomic E-state index is -0.538. The molecule has 0 aromatic heterocycles. The molecule has 0 radical (unpaired) electrons. The Balaban J connectivity index is 1.66.